The number of pyridine rings is 7. The molecule has 0 aliphatic carbocycles. The van der Waals surface area contributed by atoms with Crippen molar-refractivity contribution in [2.75, 3.05) is 0 Å². The van der Waals surface area contributed by atoms with Crippen molar-refractivity contribution in [3.05, 3.63) is 449 Å². The lowest BCUT2D eigenvalue weighted by Crippen LogP contribution is -2.29. The molecule has 0 saturated carbocycles. The fraction of sp³-hybridized carbons (Fsp3) is 0. The number of nitrogens with zero attached hydrogens (tertiary/aromatic N) is 19. The lowest BCUT2D eigenvalue weighted by Gasteiger charge is -2.16. The number of rotatable bonds is 18. The molecule has 0 fully saturated rings. The van der Waals surface area contributed by atoms with Gasteiger partial charge in [-0.3, -0.25) is 34.9 Å². The predicted octanol–water partition coefficient (Wildman–Crippen LogP) is 26.7. The normalized spacial score (nSPS) is 11.3. The quantitative estimate of drug-likeness (QED) is 0.0596. The van der Waals surface area contributed by atoms with Gasteiger partial charge in [-0.2, -0.15) is 19.9 Å². The smallest absolute Gasteiger partial charge is 0.423 e. The molecule has 0 aliphatic heterocycles. The van der Waals surface area contributed by atoms with Crippen LogP contribution >= 0.6 is 23.2 Å². The van der Waals surface area contributed by atoms with Crippen LogP contribution in [0.4, 0.5) is 0 Å². The zero-order chi connectivity index (χ0) is 97.2. The van der Waals surface area contributed by atoms with Gasteiger partial charge >= 0.3 is 7.12 Å². The van der Waals surface area contributed by atoms with E-state index in [4.69, 9.17) is 73.1 Å². The molecule has 0 atom stereocenters. The van der Waals surface area contributed by atoms with Crippen LogP contribution < -0.4 is 5.46 Å². The van der Waals surface area contributed by atoms with Crippen molar-refractivity contribution in [2.24, 2.45) is 0 Å². The zero-order valence-corrected chi connectivity index (χ0v) is 78.3. The van der Waals surface area contributed by atoms with E-state index < -0.39 is 7.12 Å². The molecule has 0 spiro atoms. The summed E-state index contributed by atoms with van der Waals surface area (Å²) in [6.07, 6.45) is 25.3. The van der Waals surface area contributed by atoms with E-state index in [9.17, 15) is 0 Å². The molecule has 11 heterocycles. The highest BCUT2D eigenvalue weighted by Crippen LogP contribution is 2.46. The first kappa shape index (κ1) is 88.7. The summed E-state index contributed by atoms with van der Waals surface area (Å²) in [5.74, 6) is 5.39. The van der Waals surface area contributed by atoms with Gasteiger partial charge in [-0.05, 0) is 238 Å². The van der Waals surface area contributed by atoms with Crippen molar-refractivity contribution in [1.82, 2.24) is 94.7 Å². The first-order valence-corrected chi connectivity index (χ1v) is 47.4. The molecule has 0 radical (unpaired) electrons. The minimum atomic E-state index is -1.41. The second kappa shape index (κ2) is 39.0. The van der Waals surface area contributed by atoms with E-state index in [1.807, 2.05) is 171 Å². The topological polar surface area (TPSA) is 285 Å². The van der Waals surface area contributed by atoms with Gasteiger partial charge in [-0.25, -0.2) is 39.9 Å². The lowest BCUT2D eigenvalue weighted by atomic mass is 9.80. The van der Waals surface area contributed by atoms with Crippen molar-refractivity contribution in [3.8, 4) is 192 Å². The van der Waals surface area contributed by atoms with E-state index in [0.717, 1.165) is 198 Å². The van der Waals surface area contributed by atoms with Gasteiger partial charge in [0.05, 0.1) is 0 Å². The van der Waals surface area contributed by atoms with Gasteiger partial charge in [0.25, 0.3) is 0 Å². The average Bonchev–Trinajstić information content (AvgIpc) is 0.724. The molecule has 682 valence electrons. The van der Waals surface area contributed by atoms with Gasteiger partial charge in [0.2, 0.25) is 10.6 Å². The Morgan fingerprint density at radius 1 is 0.159 bits per heavy atom. The van der Waals surface area contributed by atoms with Crippen LogP contribution in [0.1, 0.15) is 0 Å². The number of hydrogen-bond acceptors (Lipinski definition) is 21. The summed E-state index contributed by atoms with van der Waals surface area (Å²) in [7, 11) is -1.41. The van der Waals surface area contributed by atoms with Crippen molar-refractivity contribution in [2.45, 2.75) is 0 Å². The Bertz CT molecular complexity index is 8540. The molecule has 26 aromatic rings. The van der Waals surface area contributed by atoms with E-state index in [1.54, 1.807) is 61.7 Å². The predicted molar refractivity (Wildman–Crippen MR) is 577 cm³/mol. The van der Waals surface area contributed by atoms with Crippen molar-refractivity contribution < 1.29 is 10.0 Å². The largest absolute Gasteiger partial charge is 0.488 e. The first-order chi connectivity index (χ1) is 71.5. The number of benzene rings is 15. The lowest BCUT2D eigenvalue weighted by molar-refractivity contribution is 0.426. The average molecular weight is 1910 g/mol. The molecule has 11 aromatic heterocycles. The molecule has 145 heavy (non-hydrogen) atoms. The molecule has 0 aliphatic rings. The molecule has 2 N–H and O–H groups in total. The van der Waals surface area contributed by atoms with Crippen LogP contribution in [0, 0.1) is 0 Å². The second-order valence-corrected chi connectivity index (χ2v) is 35.2. The third kappa shape index (κ3) is 18.1. The fourth-order valence-electron chi connectivity index (χ4n) is 18.5. The molecule has 26 rings (SSSR count). The van der Waals surface area contributed by atoms with E-state index in [1.165, 1.54) is 0 Å². The molecular formula is C121H74BCl2N19O2. The number of aromatic nitrogens is 19. The minimum Gasteiger partial charge on any atom is -0.423 e. The third-order valence-corrected chi connectivity index (χ3v) is 26.1. The summed E-state index contributed by atoms with van der Waals surface area (Å²) in [4.78, 5) is 89.2. The van der Waals surface area contributed by atoms with Crippen LogP contribution in [0.2, 0.25) is 10.6 Å². The fourth-order valence-corrected chi connectivity index (χ4v) is 18.9. The molecule has 0 amide bonds. The van der Waals surface area contributed by atoms with E-state index in [2.05, 4.69) is 261 Å². The van der Waals surface area contributed by atoms with Crippen molar-refractivity contribution in [1.29, 1.82) is 0 Å². The molecule has 0 unspecified atom stereocenters. The van der Waals surface area contributed by atoms with Gasteiger partial charge in [-0.15, -0.1) is 0 Å². The van der Waals surface area contributed by atoms with E-state index in [0.29, 0.717) is 63.7 Å². The second-order valence-electron chi connectivity index (χ2n) is 34.6. The molecule has 0 bridgehead atoms. The summed E-state index contributed by atoms with van der Waals surface area (Å²) in [5, 5.41) is 30.8. The standard InChI is InChI=1S/C66H40N10.C44H24Cl2N8.C11H10BNO2/c1-5-51(37-67-33-1)41-9-17-47(18-10-41)61-71-62(48-19-11-42(12-20-48)52-6-2-34-68-38-52)74-65(73-61)57-31-27-45-26-30-56-58(32-28-46-25-29-55(57)59(45)60(46)56)66-75-63(49-21-13-43(14-22-49)53-7-3-35-69-39-53)72-64(76-66)50-23-15-44(16-24-50)54-8-4-36-70-40-54;45-43-51-39(29-9-5-25(6-10-29)31-3-1-21-47-23-31)49-41(53-43)35-19-15-27-14-18-34-36(20-16-28-13-17-33(35)37(27)38(28)34)42-50-40(52-44(46)54-42)30-11-7-26(8-12-30)32-4-2-22-48-24-32;14-12(15)11-5-3-9(4-6-11)10-2-1-7-13-8-10/h1-40H;1-24H;1-8,14-15H. The number of hydrogen-bond donors (Lipinski definition) is 2. The summed E-state index contributed by atoms with van der Waals surface area (Å²) < 4.78 is 0. The molecule has 0 saturated heterocycles. The summed E-state index contributed by atoms with van der Waals surface area (Å²) in [5.41, 5.74) is 23.6. The Balaban J connectivity index is 0.000000141. The highest BCUT2D eigenvalue weighted by atomic mass is 35.5. The summed E-state index contributed by atoms with van der Waals surface area (Å²) in [6, 6.07) is 118. The maximum atomic E-state index is 8.93. The van der Waals surface area contributed by atoms with Gasteiger partial charge < -0.3 is 10.0 Å². The Morgan fingerprint density at radius 2 is 0.324 bits per heavy atom. The van der Waals surface area contributed by atoms with Crippen LogP contribution in [-0.2, 0) is 0 Å². The zero-order valence-electron chi connectivity index (χ0n) is 76.8. The minimum absolute atomic E-state index is 0.119. The monoisotopic (exact) mass is 1910 g/mol. The molecule has 15 aromatic carbocycles. The van der Waals surface area contributed by atoms with Crippen molar-refractivity contribution >= 4 is 100 Å². The number of halogens is 2. The van der Waals surface area contributed by atoms with E-state index in [-0.39, 0.29) is 10.6 Å². The maximum absolute atomic E-state index is 8.93. The van der Waals surface area contributed by atoms with Gasteiger partial charge in [-0.1, -0.05) is 285 Å². The summed E-state index contributed by atoms with van der Waals surface area (Å²) >= 11 is 13.1. The maximum Gasteiger partial charge on any atom is 0.488 e. The SMILES string of the molecule is Clc1nc(-c2ccc(-c3cccnc3)cc2)nc(-c2ccc3ccc4c(-c5nc(Cl)nc(-c6ccc(-c7cccnc7)cc6)n5)ccc5ccc2c3c54)n1.OB(O)c1ccc(-c2cccnc2)cc1.c1cncc(-c2ccc(-c3nc(-c4ccc(-c5cccnc5)cc4)nc(-c4ccc5ccc6c(-c7nc(-c8ccc(-c9cccnc9)cc8)nc(-c8ccc(-c9cccnc9)cc8)n7)ccc7ccc4c5c76)n3)cc2)c1. The third-order valence-electron chi connectivity index (χ3n) is 25.8. The Hall–Kier alpha value is -19.0. The Labute approximate surface area is 840 Å². The van der Waals surface area contributed by atoms with Crippen LogP contribution in [0.5, 0.6) is 0 Å². The first-order valence-electron chi connectivity index (χ1n) is 46.7. The van der Waals surface area contributed by atoms with E-state index >= 15 is 0 Å². The van der Waals surface area contributed by atoms with Crippen LogP contribution in [0.25, 0.3) is 256 Å². The van der Waals surface area contributed by atoms with Gasteiger partial charge in [0.1, 0.15) is 0 Å². The van der Waals surface area contributed by atoms with Crippen LogP contribution in [-0.4, -0.2) is 112 Å². The highest BCUT2D eigenvalue weighted by molar-refractivity contribution is 6.58. The molecular weight excluding hydrogens is 1830 g/mol. The Kier molecular flexibility index (Phi) is 23.9. The molecule has 21 nitrogen and oxygen atoms in total. The van der Waals surface area contributed by atoms with Crippen molar-refractivity contribution in [3.63, 3.8) is 0 Å². The summed E-state index contributed by atoms with van der Waals surface area (Å²) in [6.45, 7) is 0. The molecule has 24 heteroatoms. The van der Waals surface area contributed by atoms with Crippen LogP contribution in [0.3, 0.4) is 0 Å². The van der Waals surface area contributed by atoms with Crippen LogP contribution in [0.15, 0.2) is 439 Å². The van der Waals surface area contributed by atoms with Gasteiger partial charge in [0, 0.05) is 142 Å². The van der Waals surface area contributed by atoms with Gasteiger partial charge in [0.15, 0.2) is 58.2 Å². The Morgan fingerprint density at radius 3 is 0.517 bits per heavy atom. The highest BCUT2D eigenvalue weighted by Gasteiger charge is 2.25.